The molecule has 3 aromatic rings. The third kappa shape index (κ3) is 2.65. The summed E-state index contributed by atoms with van der Waals surface area (Å²) in [6.45, 7) is 2.10. The van der Waals surface area contributed by atoms with Gasteiger partial charge in [-0.3, -0.25) is 4.98 Å². The standard InChI is InChI=1S/C13H11N5O2S/c1-2-20-13(19)10-7-8(12-15-17-18-16-12)11(21-10)9-5-3-4-6-14-9/h3-7H,2H2,1H3,(H,15,16,17,18). The van der Waals surface area contributed by atoms with Crippen LogP contribution in [0.15, 0.2) is 30.5 Å². The summed E-state index contributed by atoms with van der Waals surface area (Å²) in [5, 5.41) is 13.9. The van der Waals surface area contributed by atoms with Crippen molar-refractivity contribution < 1.29 is 9.53 Å². The van der Waals surface area contributed by atoms with E-state index < -0.39 is 0 Å². The number of hydrogen-bond acceptors (Lipinski definition) is 7. The van der Waals surface area contributed by atoms with Gasteiger partial charge in [0.1, 0.15) is 4.88 Å². The van der Waals surface area contributed by atoms with Crippen molar-refractivity contribution in [3.05, 3.63) is 35.3 Å². The molecule has 21 heavy (non-hydrogen) atoms. The topological polar surface area (TPSA) is 93.7 Å². The van der Waals surface area contributed by atoms with E-state index in [-0.39, 0.29) is 5.97 Å². The van der Waals surface area contributed by atoms with E-state index in [1.54, 1.807) is 19.2 Å². The number of pyridine rings is 1. The van der Waals surface area contributed by atoms with E-state index in [0.717, 1.165) is 10.6 Å². The van der Waals surface area contributed by atoms with Gasteiger partial charge in [-0.25, -0.2) is 4.79 Å². The Morgan fingerprint density at radius 2 is 2.33 bits per heavy atom. The van der Waals surface area contributed by atoms with Crippen molar-refractivity contribution >= 4 is 17.3 Å². The maximum Gasteiger partial charge on any atom is 0.348 e. The van der Waals surface area contributed by atoms with Crippen LogP contribution in [0.2, 0.25) is 0 Å². The van der Waals surface area contributed by atoms with Crippen molar-refractivity contribution in [3.8, 4) is 22.0 Å². The number of carbonyl (C=O) groups excluding carboxylic acids is 1. The van der Waals surface area contributed by atoms with Crippen molar-refractivity contribution in [2.24, 2.45) is 0 Å². The number of tetrazole rings is 1. The van der Waals surface area contributed by atoms with Crippen LogP contribution < -0.4 is 0 Å². The number of carbonyl (C=O) groups is 1. The average molecular weight is 301 g/mol. The highest BCUT2D eigenvalue weighted by Gasteiger charge is 2.20. The first-order valence-electron chi connectivity index (χ1n) is 6.25. The second kappa shape index (κ2) is 5.80. The summed E-state index contributed by atoms with van der Waals surface area (Å²) in [7, 11) is 0. The first kappa shape index (κ1) is 13.4. The van der Waals surface area contributed by atoms with Gasteiger partial charge in [-0.15, -0.1) is 21.5 Å². The van der Waals surface area contributed by atoms with Crippen molar-refractivity contribution in [2.75, 3.05) is 6.61 Å². The van der Waals surface area contributed by atoms with Gasteiger partial charge in [0.25, 0.3) is 0 Å². The Kier molecular flexibility index (Phi) is 3.69. The number of hydrogen-bond donors (Lipinski definition) is 1. The molecule has 0 spiro atoms. The highest BCUT2D eigenvalue weighted by Crippen LogP contribution is 2.37. The zero-order chi connectivity index (χ0) is 14.7. The molecule has 0 bridgehead atoms. The van der Waals surface area contributed by atoms with Crippen molar-refractivity contribution in [1.82, 2.24) is 25.6 Å². The first-order valence-corrected chi connectivity index (χ1v) is 7.07. The molecule has 0 fully saturated rings. The fourth-order valence-electron chi connectivity index (χ4n) is 1.82. The SMILES string of the molecule is CCOC(=O)c1cc(-c2nn[nH]n2)c(-c2ccccn2)s1. The van der Waals surface area contributed by atoms with Gasteiger partial charge in [0.15, 0.2) is 0 Å². The van der Waals surface area contributed by atoms with Crippen molar-refractivity contribution in [2.45, 2.75) is 6.92 Å². The largest absolute Gasteiger partial charge is 0.462 e. The monoisotopic (exact) mass is 301 g/mol. The van der Waals surface area contributed by atoms with Gasteiger partial charge < -0.3 is 4.74 Å². The van der Waals surface area contributed by atoms with Crippen LogP contribution in [0.4, 0.5) is 0 Å². The summed E-state index contributed by atoms with van der Waals surface area (Å²) in [5.74, 6) is 0.0527. The number of ether oxygens (including phenoxy) is 1. The van der Waals surface area contributed by atoms with Gasteiger partial charge in [-0.1, -0.05) is 6.07 Å². The molecule has 7 nitrogen and oxygen atoms in total. The van der Waals surface area contributed by atoms with Gasteiger partial charge in [0, 0.05) is 11.8 Å². The Balaban J connectivity index is 2.11. The molecule has 1 N–H and O–H groups in total. The quantitative estimate of drug-likeness (QED) is 0.742. The lowest BCUT2D eigenvalue weighted by atomic mass is 10.2. The molecule has 0 aliphatic heterocycles. The molecule has 106 valence electrons. The van der Waals surface area contributed by atoms with E-state index in [4.69, 9.17) is 4.74 Å². The third-order valence-electron chi connectivity index (χ3n) is 2.69. The highest BCUT2D eigenvalue weighted by molar-refractivity contribution is 7.17. The molecule has 0 aliphatic carbocycles. The summed E-state index contributed by atoms with van der Waals surface area (Å²) < 4.78 is 5.04. The third-order valence-corrected chi connectivity index (χ3v) is 3.83. The molecule has 8 heteroatoms. The number of thiophene rings is 1. The summed E-state index contributed by atoms with van der Waals surface area (Å²) >= 11 is 1.30. The van der Waals surface area contributed by atoms with Crippen molar-refractivity contribution in [1.29, 1.82) is 0 Å². The molecule has 0 atom stereocenters. The lowest BCUT2D eigenvalue weighted by molar-refractivity contribution is 0.0532. The molecular formula is C13H11N5O2S. The molecular weight excluding hydrogens is 290 g/mol. The smallest absolute Gasteiger partial charge is 0.348 e. The van der Waals surface area contributed by atoms with E-state index in [1.807, 2.05) is 18.2 Å². The van der Waals surface area contributed by atoms with Crippen LogP contribution in [0.3, 0.4) is 0 Å². The van der Waals surface area contributed by atoms with Crippen LogP contribution in [0.25, 0.3) is 22.0 Å². The maximum absolute atomic E-state index is 11.9. The normalized spacial score (nSPS) is 10.5. The van der Waals surface area contributed by atoms with Crippen LogP contribution >= 0.6 is 11.3 Å². The molecule has 0 amide bonds. The molecule has 0 aliphatic rings. The number of rotatable bonds is 4. The molecule has 0 saturated heterocycles. The lowest BCUT2D eigenvalue weighted by Crippen LogP contribution is -2.01. The van der Waals surface area contributed by atoms with E-state index in [0.29, 0.717) is 22.9 Å². The number of aromatic nitrogens is 5. The molecule has 3 aromatic heterocycles. The second-order valence-corrected chi connectivity index (χ2v) is 5.08. The van der Waals surface area contributed by atoms with Gasteiger partial charge in [-0.05, 0) is 30.3 Å². The van der Waals surface area contributed by atoms with Gasteiger partial charge in [0.05, 0.1) is 17.2 Å². The van der Waals surface area contributed by atoms with E-state index in [2.05, 4.69) is 25.6 Å². The minimum absolute atomic E-state index is 0.327. The summed E-state index contributed by atoms with van der Waals surface area (Å²) in [6, 6.07) is 7.28. The summed E-state index contributed by atoms with van der Waals surface area (Å²) in [4.78, 5) is 17.5. The number of H-pyrrole nitrogens is 1. The van der Waals surface area contributed by atoms with Crippen molar-refractivity contribution in [3.63, 3.8) is 0 Å². The Morgan fingerprint density at radius 3 is 3.00 bits per heavy atom. The zero-order valence-corrected chi connectivity index (χ0v) is 11.9. The Bertz CT molecular complexity index is 739. The van der Waals surface area contributed by atoms with Gasteiger partial charge in [-0.2, -0.15) is 5.21 Å². The van der Waals surface area contributed by atoms with E-state index >= 15 is 0 Å². The maximum atomic E-state index is 11.9. The number of aromatic amines is 1. The molecule has 0 saturated carbocycles. The van der Waals surface area contributed by atoms with Crippen LogP contribution in [0, 0.1) is 0 Å². The predicted octanol–water partition coefficient (Wildman–Crippen LogP) is 2.17. The first-order chi connectivity index (χ1) is 10.3. The van der Waals surface area contributed by atoms with Crippen LogP contribution in [-0.4, -0.2) is 38.2 Å². The van der Waals surface area contributed by atoms with E-state index in [1.165, 1.54) is 11.3 Å². The number of nitrogens with zero attached hydrogens (tertiary/aromatic N) is 4. The highest BCUT2D eigenvalue weighted by atomic mass is 32.1. The summed E-state index contributed by atoms with van der Waals surface area (Å²) in [6.07, 6.45) is 1.69. The Labute approximate surface area is 124 Å². The minimum atomic E-state index is -0.366. The van der Waals surface area contributed by atoms with Gasteiger partial charge >= 0.3 is 5.97 Å². The van der Waals surface area contributed by atoms with Crippen LogP contribution in [0.1, 0.15) is 16.6 Å². The Morgan fingerprint density at radius 1 is 1.43 bits per heavy atom. The van der Waals surface area contributed by atoms with Crippen LogP contribution in [0.5, 0.6) is 0 Å². The fourth-order valence-corrected chi connectivity index (χ4v) is 2.85. The summed E-state index contributed by atoms with van der Waals surface area (Å²) in [5.41, 5.74) is 1.45. The molecule has 0 unspecified atom stereocenters. The molecule has 3 rings (SSSR count). The number of nitrogens with one attached hydrogen (secondary N) is 1. The number of esters is 1. The van der Waals surface area contributed by atoms with E-state index in [9.17, 15) is 4.79 Å². The predicted molar refractivity (Wildman–Crippen MR) is 76.7 cm³/mol. The minimum Gasteiger partial charge on any atom is -0.462 e. The Hall–Kier alpha value is -2.61. The van der Waals surface area contributed by atoms with Crippen LogP contribution in [-0.2, 0) is 4.74 Å². The molecule has 0 aromatic carbocycles. The zero-order valence-electron chi connectivity index (χ0n) is 11.1. The lowest BCUT2D eigenvalue weighted by Gasteiger charge is -1.98. The molecule has 0 radical (unpaired) electrons. The van der Waals surface area contributed by atoms with Gasteiger partial charge in [0.2, 0.25) is 5.82 Å². The average Bonchev–Trinajstić information content (AvgIpc) is 3.17. The fraction of sp³-hybridized carbons (Fsp3) is 0.154. The second-order valence-electron chi connectivity index (χ2n) is 4.02. The molecule has 3 heterocycles.